The molecule has 0 aliphatic carbocycles. The van der Waals surface area contributed by atoms with Crippen molar-refractivity contribution in [1.29, 1.82) is 0 Å². The first-order chi connectivity index (χ1) is 19.9. The lowest BCUT2D eigenvalue weighted by Crippen LogP contribution is -2.50. The molecule has 2 aliphatic heterocycles. The lowest BCUT2D eigenvalue weighted by Gasteiger charge is -2.39. The predicted molar refractivity (Wildman–Crippen MR) is 156 cm³/mol. The molecule has 0 spiro atoms. The third kappa shape index (κ3) is 6.34. The van der Waals surface area contributed by atoms with Crippen molar-refractivity contribution in [2.75, 3.05) is 75.0 Å². The van der Waals surface area contributed by atoms with E-state index in [0.717, 1.165) is 32.2 Å². The molecule has 224 valence electrons. The Bertz CT molecular complexity index is 1440. The number of anilines is 3. The monoisotopic (exact) mass is 585 g/mol. The number of hydrogen-bond acceptors (Lipinski definition) is 7. The van der Waals surface area contributed by atoms with Crippen LogP contribution in [0.2, 0.25) is 0 Å². The Labute approximate surface area is 242 Å². The molecule has 0 saturated carbocycles. The number of halogens is 4. The number of likely N-dealkylation sites (N-methyl/N-ethyl adjacent to an activating group) is 2. The van der Waals surface area contributed by atoms with Gasteiger partial charge in [0.25, 0.3) is 5.91 Å². The van der Waals surface area contributed by atoms with Crippen LogP contribution in [-0.2, 0) is 6.18 Å². The van der Waals surface area contributed by atoms with Gasteiger partial charge < -0.3 is 24.9 Å². The summed E-state index contributed by atoms with van der Waals surface area (Å²) in [4.78, 5) is 30.7. The number of amides is 1. The number of nitrogens with zero attached hydrogens (tertiary/aromatic N) is 6. The fourth-order valence-corrected chi connectivity index (χ4v) is 5.32. The zero-order valence-corrected chi connectivity index (χ0v) is 24.2. The summed E-state index contributed by atoms with van der Waals surface area (Å²) in [5.41, 5.74) is 0.00777. The second-order valence-electron chi connectivity index (χ2n) is 11.2. The molecule has 12 heteroatoms. The summed E-state index contributed by atoms with van der Waals surface area (Å²) < 4.78 is 57.2. The van der Waals surface area contributed by atoms with Crippen LogP contribution < -0.4 is 15.1 Å². The first kappa shape index (κ1) is 29.7. The second-order valence-corrected chi connectivity index (χ2v) is 11.2. The number of benzene rings is 2. The summed E-state index contributed by atoms with van der Waals surface area (Å²) >= 11 is 0. The molecule has 5 rings (SSSR count). The maximum Gasteiger partial charge on any atom is 0.417 e. The minimum absolute atomic E-state index is 0.140. The molecule has 1 atom stereocenters. The maximum atomic E-state index is 15.7. The van der Waals surface area contributed by atoms with Crippen molar-refractivity contribution >= 4 is 23.2 Å². The summed E-state index contributed by atoms with van der Waals surface area (Å²) in [5.74, 6) is -0.926. The van der Waals surface area contributed by atoms with Gasteiger partial charge in [0.2, 0.25) is 5.95 Å². The predicted octanol–water partition coefficient (Wildman–Crippen LogP) is 4.75. The van der Waals surface area contributed by atoms with Crippen molar-refractivity contribution < 1.29 is 22.4 Å². The molecule has 1 N–H and O–H groups in total. The lowest BCUT2D eigenvalue weighted by atomic mass is 10.0. The summed E-state index contributed by atoms with van der Waals surface area (Å²) in [6.45, 7) is 8.70. The van der Waals surface area contributed by atoms with Crippen LogP contribution in [0.15, 0.2) is 42.7 Å². The highest BCUT2D eigenvalue weighted by Crippen LogP contribution is 2.37. The highest BCUT2D eigenvalue weighted by atomic mass is 19.4. The average Bonchev–Trinajstić information content (AvgIpc) is 2.95. The number of rotatable bonds is 5. The summed E-state index contributed by atoms with van der Waals surface area (Å²) in [6, 6.07) is 6.52. The van der Waals surface area contributed by atoms with E-state index in [1.165, 1.54) is 43.6 Å². The van der Waals surface area contributed by atoms with E-state index >= 15 is 4.39 Å². The molecule has 8 nitrogen and oxygen atoms in total. The molecule has 3 heterocycles. The van der Waals surface area contributed by atoms with Gasteiger partial charge in [0.05, 0.1) is 22.5 Å². The van der Waals surface area contributed by atoms with Crippen LogP contribution >= 0.6 is 0 Å². The van der Waals surface area contributed by atoms with Crippen LogP contribution in [0.3, 0.4) is 0 Å². The number of hydrogen-bond donors (Lipinski definition) is 1. The largest absolute Gasteiger partial charge is 0.417 e. The standard InChI is InChI=1S/C30H35F4N7O/c1-19-5-6-22(24(13-19)30(32,33)34)28(42)37-26-14-23(25(31)15-27(26)41-12-9-39(4)20(2)18-41)21-16-35-29(36-17-21)40-10-7-38(3)8-11-40/h5-6,13-17,20H,7-12,18H2,1-4H3,(H,37,42)/t20-/m0/s1. The Morgan fingerprint density at radius 2 is 1.62 bits per heavy atom. The smallest absolute Gasteiger partial charge is 0.367 e. The Kier molecular flexibility index (Phi) is 8.38. The van der Waals surface area contributed by atoms with Crippen LogP contribution in [0.1, 0.15) is 28.4 Å². The van der Waals surface area contributed by atoms with Gasteiger partial charge in [-0.1, -0.05) is 11.6 Å². The van der Waals surface area contributed by atoms with E-state index in [-0.39, 0.29) is 17.3 Å². The average molecular weight is 586 g/mol. The third-order valence-corrected chi connectivity index (χ3v) is 8.09. The van der Waals surface area contributed by atoms with Gasteiger partial charge in [0.15, 0.2) is 0 Å². The number of nitrogens with one attached hydrogen (secondary N) is 1. The van der Waals surface area contributed by atoms with E-state index in [2.05, 4.69) is 37.0 Å². The van der Waals surface area contributed by atoms with E-state index in [1.807, 2.05) is 18.9 Å². The van der Waals surface area contributed by atoms with Gasteiger partial charge in [0, 0.05) is 75.4 Å². The van der Waals surface area contributed by atoms with Gasteiger partial charge in [0.1, 0.15) is 5.82 Å². The molecular formula is C30H35F4N7O. The van der Waals surface area contributed by atoms with Crippen molar-refractivity contribution in [2.45, 2.75) is 26.1 Å². The van der Waals surface area contributed by atoms with Gasteiger partial charge >= 0.3 is 6.18 Å². The Hall–Kier alpha value is -3.77. The molecule has 2 saturated heterocycles. The molecule has 0 unspecified atom stereocenters. The molecule has 3 aromatic rings. The molecule has 0 bridgehead atoms. The van der Waals surface area contributed by atoms with Crippen molar-refractivity contribution in [3.8, 4) is 11.1 Å². The molecule has 0 radical (unpaired) electrons. The highest BCUT2D eigenvalue weighted by molar-refractivity contribution is 6.07. The zero-order valence-electron chi connectivity index (χ0n) is 24.2. The quantitative estimate of drug-likeness (QED) is 0.434. The van der Waals surface area contributed by atoms with Crippen LogP contribution in [0, 0.1) is 12.7 Å². The number of aryl methyl sites for hydroxylation is 1. The first-order valence-electron chi connectivity index (χ1n) is 13.9. The Morgan fingerprint density at radius 3 is 2.26 bits per heavy atom. The minimum Gasteiger partial charge on any atom is -0.367 e. The summed E-state index contributed by atoms with van der Waals surface area (Å²) in [6.07, 6.45) is -1.65. The van der Waals surface area contributed by atoms with Crippen LogP contribution in [-0.4, -0.2) is 91.6 Å². The fraction of sp³-hybridized carbons (Fsp3) is 0.433. The number of carbonyl (C=O) groups excluding carboxylic acids is 1. The van der Waals surface area contributed by atoms with Crippen molar-refractivity contribution in [1.82, 2.24) is 19.8 Å². The van der Waals surface area contributed by atoms with Gasteiger partial charge in [-0.2, -0.15) is 13.2 Å². The normalized spacial score (nSPS) is 18.8. The fourth-order valence-electron chi connectivity index (χ4n) is 5.32. The molecule has 2 aromatic carbocycles. The van der Waals surface area contributed by atoms with E-state index in [1.54, 1.807) is 0 Å². The first-order valence-corrected chi connectivity index (χ1v) is 13.9. The third-order valence-electron chi connectivity index (χ3n) is 8.09. The van der Waals surface area contributed by atoms with Gasteiger partial charge in [-0.3, -0.25) is 4.79 Å². The van der Waals surface area contributed by atoms with Crippen LogP contribution in [0.5, 0.6) is 0 Å². The Balaban J connectivity index is 1.51. The van der Waals surface area contributed by atoms with Gasteiger partial charge in [-0.15, -0.1) is 0 Å². The summed E-state index contributed by atoms with van der Waals surface area (Å²) in [5, 5.41) is 2.67. The van der Waals surface area contributed by atoms with Crippen molar-refractivity contribution in [3.63, 3.8) is 0 Å². The highest BCUT2D eigenvalue weighted by Gasteiger charge is 2.36. The number of aromatic nitrogens is 2. The number of carbonyl (C=O) groups is 1. The van der Waals surface area contributed by atoms with E-state index in [4.69, 9.17) is 0 Å². The molecule has 1 aromatic heterocycles. The molecule has 1 amide bonds. The molecular weight excluding hydrogens is 550 g/mol. The second kappa shape index (κ2) is 11.8. The Morgan fingerprint density at radius 1 is 0.952 bits per heavy atom. The van der Waals surface area contributed by atoms with Gasteiger partial charge in [-0.25, -0.2) is 14.4 Å². The molecule has 42 heavy (non-hydrogen) atoms. The van der Waals surface area contributed by atoms with Crippen LogP contribution in [0.4, 0.5) is 34.9 Å². The SMILES string of the molecule is Cc1ccc(C(=O)Nc2cc(-c3cnc(N4CCN(C)CC4)nc3)c(F)cc2N2CCN(C)[C@@H](C)C2)c(C(F)(F)F)c1. The van der Waals surface area contributed by atoms with Crippen molar-refractivity contribution in [2.24, 2.45) is 0 Å². The zero-order chi connectivity index (χ0) is 30.2. The number of alkyl halides is 3. The topological polar surface area (TPSA) is 67.8 Å². The number of piperazine rings is 2. The minimum atomic E-state index is -4.72. The van der Waals surface area contributed by atoms with Gasteiger partial charge in [-0.05, 0) is 52.2 Å². The van der Waals surface area contributed by atoms with Crippen LogP contribution in [0.25, 0.3) is 11.1 Å². The van der Waals surface area contributed by atoms with E-state index < -0.39 is 29.0 Å². The van der Waals surface area contributed by atoms with Crippen molar-refractivity contribution in [3.05, 3.63) is 65.2 Å². The summed E-state index contributed by atoms with van der Waals surface area (Å²) in [7, 11) is 4.05. The lowest BCUT2D eigenvalue weighted by molar-refractivity contribution is -0.137. The molecule has 2 aliphatic rings. The molecule has 2 fully saturated rings. The maximum absolute atomic E-state index is 15.7. The van der Waals surface area contributed by atoms with E-state index in [9.17, 15) is 18.0 Å². The van der Waals surface area contributed by atoms with E-state index in [0.29, 0.717) is 42.4 Å².